The minimum absolute atomic E-state index is 0.0436. The van der Waals surface area contributed by atoms with E-state index in [1.54, 1.807) is 16.2 Å². The van der Waals surface area contributed by atoms with E-state index in [0.29, 0.717) is 25.9 Å². The fourth-order valence-electron chi connectivity index (χ4n) is 2.87. The number of nitrogens with zero attached hydrogens (tertiary/aromatic N) is 2. The highest BCUT2D eigenvalue weighted by molar-refractivity contribution is 7.09. The summed E-state index contributed by atoms with van der Waals surface area (Å²) in [4.78, 5) is 29.7. The third kappa shape index (κ3) is 4.93. The number of carboxylic acid groups (broad SMARTS) is 1. The fraction of sp³-hybridized carbons (Fsp3) is 0.706. The Morgan fingerprint density at radius 1 is 1.42 bits per heavy atom. The Hall–Kier alpha value is -1.63. The molecule has 0 aromatic carbocycles. The maximum atomic E-state index is 12.3. The summed E-state index contributed by atoms with van der Waals surface area (Å²) in [6, 6.07) is -0.181. The van der Waals surface area contributed by atoms with Gasteiger partial charge in [0.25, 0.3) is 0 Å². The minimum atomic E-state index is -0.823. The van der Waals surface area contributed by atoms with Gasteiger partial charge in [-0.15, -0.1) is 11.3 Å². The molecule has 2 atom stereocenters. The van der Waals surface area contributed by atoms with Gasteiger partial charge in [0.2, 0.25) is 0 Å². The summed E-state index contributed by atoms with van der Waals surface area (Å²) in [6.45, 7) is 9.79. The van der Waals surface area contributed by atoms with Crippen LogP contribution in [0.5, 0.6) is 0 Å². The van der Waals surface area contributed by atoms with Crippen LogP contribution in [0.2, 0.25) is 0 Å². The second kappa shape index (κ2) is 7.51. The lowest BCUT2D eigenvalue weighted by molar-refractivity contribution is -0.143. The molecule has 0 aliphatic carbocycles. The lowest BCUT2D eigenvalue weighted by Crippen LogP contribution is -2.49. The van der Waals surface area contributed by atoms with Gasteiger partial charge in [-0.25, -0.2) is 9.78 Å². The molecular formula is C17H27N3O3S. The number of aromatic nitrogens is 1. The molecule has 2 N–H and O–H groups in total. The number of nitrogens with one attached hydrogen (secondary N) is 1. The third-order valence-corrected chi connectivity index (χ3v) is 5.46. The smallest absolute Gasteiger partial charge is 0.317 e. The van der Waals surface area contributed by atoms with Gasteiger partial charge in [-0.2, -0.15) is 0 Å². The second-order valence-electron chi connectivity index (χ2n) is 7.66. The Morgan fingerprint density at radius 3 is 2.71 bits per heavy atom. The number of rotatable bonds is 4. The highest BCUT2D eigenvalue weighted by Crippen LogP contribution is 2.25. The summed E-state index contributed by atoms with van der Waals surface area (Å²) in [5.41, 5.74) is 1.03. The van der Waals surface area contributed by atoms with Crippen molar-refractivity contribution in [3.05, 3.63) is 16.1 Å². The Bertz CT molecular complexity index is 594. The maximum Gasteiger partial charge on any atom is 0.317 e. The standard InChI is InChI=1S/C17H27N3O3S/c1-11-7-12(14(21)22)9-20(8-11)16(23)18-6-5-13-10-24-15(19-13)17(2,3)4/h10-12H,5-9H2,1-4H3,(H,18,23)(H,21,22). The normalized spacial score (nSPS) is 21.6. The van der Waals surface area contributed by atoms with Crippen LogP contribution in [0.3, 0.4) is 0 Å². The molecule has 6 nitrogen and oxygen atoms in total. The van der Waals surface area contributed by atoms with Gasteiger partial charge in [0.05, 0.1) is 16.6 Å². The van der Waals surface area contributed by atoms with Crippen molar-refractivity contribution in [3.63, 3.8) is 0 Å². The van der Waals surface area contributed by atoms with Crippen LogP contribution in [0.4, 0.5) is 4.79 Å². The van der Waals surface area contributed by atoms with Gasteiger partial charge in [-0.3, -0.25) is 4.79 Å². The quantitative estimate of drug-likeness (QED) is 0.872. The molecule has 1 saturated heterocycles. The average molecular weight is 353 g/mol. The molecular weight excluding hydrogens is 326 g/mol. The van der Waals surface area contributed by atoms with Crippen LogP contribution in [-0.4, -0.2) is 46.6 Å². The zero-order valence-corrected chi connectivity index (χ0v) is 15.7. The molecule has 1 aromatic rings. The van der Waals surface area contributed by atoms with Crippen molar-refractivity contribution in [1.82, 2.24) is 15.2 Å². The van der Waals surface area contributed by atoms with E-state index in [1.807, 2.05) is 12.3 Å². The first-order chi connectivity index (χ1) is 11.2. The molecule has 2 unspecified atom stereocenters. The van der Waals surface area contributed by atoms with Crippen molar-refractivity contribution in [1.29, 1.82) is 0 Å². The van der Waals surface area contributed by atoms with Crippen LogP contribution in [-0.2, 0) is 16.6 Å². The second-order valence-corrected chi connectivity index (χ2v) is 8.52. The van der Waals surface area contributed by atoms with E-state index in [0.717, 1.165) is 10.7 Å². The molecule has 1 aliphatic rings. The zero-order valence-electron chi connectivity index (χ0n) is 14.8. The Morgan fingerprint density at radius 2 is 2.12 bits per heavy atom. The van der Waals surface area contributed by atoms with Gasteiger partial charge in [0, 0.05) is 36.9 Å². The number of hydrogen-bond acceptors (Lipinski definition) is 4. The van der Waals surface area contributed by atoms with Crippen molar-refractivity contribution in [2.75, 3.05) is 19.6 Å². The van der Waals surface area contributed by atoms with Crippen LogP contribution in [0, 0.1) is 11.8 Å². The summed E-state index contributed by atoms with van der Waals surface area (Å²) >= 11 is 1.65. The van der Waals surface area contributed by atoms with Gasteiger partial charge in [0.15, 0.2) is 0 Å². The number of piperidine rings is 1. The first kappa shape index (κ1) is 18.7. The molecule has 24 heavy (non-hydrogen) atoms. The molecule has 0 bridgehead atoms. The zero-order chi connectivity index (χ0) is 17.9. The van der Waals surface area contributed by atoms with Gasteiger partial charge in [-0.1, -0.05) is 27.7 Å². The lowest BCUT2D eigenvalue weighted by Gasteiger charge is -2.34. The molecule has 1 fully saturated rings. The Labute approximate surface area is 147 Å². The number of hydrogen-bond donors (Lipinski definition) is 2. The van der Waals surface area contributed by atoms with E-state index in [1.165, 1.54) is 0 Å². The van der Waals surface area contributed by atoms with Crippen molar-refractivity contribution < 1.29 is 14.7 Å². The number of carbonyl (C=O) groups is 2. The van der Waals surface area contributed by atoms with Crippen LogP contribution in [0.15, 0.2) is 5.38 Å². The van der Waals surface area contributed by atoms with Gasteiger partial charge < -0.3 is 15.3 Å². The number of amides is 2. The topological polar surface area (TPSA) is 82.5 Å². The summed E-state index contributed by atoms with van der Waals surface area (Å²) < 4.78 is 0. The highest BCUT2D eigenvalue weighted by Gasteiger charge is 2.31. The van der Waals surface area contributed by atoms with Crippen molar-refractivity contribution in [3.8, 4) is 0 Å². The van der Waals surface area contributed by atoms with Gasteiger partial charge in [0.1, 0.15) is 0 Å². The highest BCUT2D eigenvalue weighted by atomic mass is 32.1. The van der Waals surface area contributed by atoms with Crippen LogP contribution >= 0.6 is 11.3 Å². The summed E-state index contributed by atoms with van der Waals surface area (Å²) in [5.74, 6) is -1.08. The molecule has 0 saturated carbocycles. The van der Waals surface area contributed by atoms with E-state index >= 15 is 0 Å². The van der Waals surface area contributed by atoms with Crippen molar-refractivity contribution in [2.24, 2.45) is 11.8 Å². The summed E-state index contributed by atoms with van der Waals surface area (Å²) in [7, 11) is 0. The molecule has 0 spiro atoms. The molecule has 2 heterocycles. The fourth-order valence-corrected chi connectivity index (χ4v) is 3.81. The Balaban J connectivity index is 1.82. The summed E-state index contributed by atoms with van der Waals surface area (Å²) in [5, 5.41) is 15.2. The number of urea groups is 1. The van der Waals surface area contributed by atoms with E-state index in [4.69, 9.17) is 0 Å². The van der Waals surface area contributed by atoms with Crippen LogP contribution in [0.25, 0.3) is 0 Å². The molecule has 7 heteroatoms. The van der Waals surface area contributed by atoms with E-state index in [-0.39, 0.29) is 23.9 Å². The molecule has 134 valence electrons. The van der Waals surface area contributed by atoms with Gasteiger partial charge in [-0.05, 0) is 12.3 Å². The predicted molar refractivity (Wildman–Crippen MR) is 94.4 cm³/mol. The van der Waals surface area contributed by atoms with E-state index in [2.05, 4.69) is 31.1 Å². The lowest BCUT2D eigenvalue weighted by atomic mass is 9.91. The van der Waals surface area contributed by atoms with Crippen molar-refractivity contribution in [2.45, 2.75) is 46.0 Å². The number of carbonyl (C=O) groups excluding carboxylic acids is 1. The predicted octanol–water partition coefficient (Wildman–Crippen LogP) is 2.74. The number of aliphatic carboxylic acids is 1. The molecule has 1 aromatic heterocycles. The SMILES string of the molecule is CC1CC(C(=O)O)CN(C(=O)NCCc2csc(C(C)(C)C)n2)C1. The van der Waals surface area contributed by atoms with Gasteiger partial charge >= 0.3 is 12.0 Å². The molecule has 0 radical (unpaired) electrons. The number of likely N-dealkylation sites (tertiary alicyclic amines) is 1. The summed E-state index contributed by atoms with van der Waals surface area (Å²) in [6.07, 6.45) is 1.32. The number of carboxylic acids is 1. The molecule has 2 amide bonds. The molecule has 1 aliphatic heterocycles. The number of thiazole rings is 1. The van der Waals surface area contributed by atoms with Crippen molar-refractivity contribution >= 4 is 23.3 Å². The average Bonchev–Trinajstić information content (AvgIpc) is 2.95. The largest absolute Gasteiger partial charge is 0.481 e. The van der Waals surface area contributed by atoms with E-state index < -0.39 is 11.9 Å². The third-order valence-electron chi connectivity index (χ3n) is 4.15. The minimum Gasteiger partial charge on any atom is -0.481 e. The van der Waals surface area contributed by atoms with E-state index in [9.17, 15) is 14.7 Å². The van der Waals surface area contributed by atoms with Crippen LogP contribution < -0.4 is 5.32 Å². The molecule has 2 rings (SSSR count). The first-order valence-corrected chi connectivity index (χ1v) is 9.25. The Kier molecular flexibility index (Phi) is 5.85. The van der Waals surface area contributed by atoms with Crippen LogP contribution in [0.1, 0.15) is 44.8 Å². The maximum absolute atomic E-state index is 12.3. The first-order valence-electron chi connectivity index (χ1n) is 8.37. The monoisotopic (exact) mass is 353 g/mol.